The molecule has 142 valence electrons. The molecule has 0 heterocycles. The lowest BCUT2D eigenvalue weighted by molar-refractivity contribution is -0.144. The SMILES string of the molecule is CN=C(NCCCOC(C)c1ccccc1)NCC(C)C(=O)OC.I. The Kier molecular flexibility index (Phi) is 13.1. The van der Waals surface area contributed by atoms with Crippen LogP contribution in [0.1, 0.15) is 31.9 Å². The fourth-order valence-corrected chi connectivity index (χ4v) is 2.11. The van der Waals surface area contributed by atoms with Gasteiger partial charge in [-0.2, -0.15) is 0 Å². The highest BCUT2D eigenvalue weighted by molar-refractivity contribution is 14.0. The zero-order valence-electron chi connectivity index (χ0n) is 15.5. The number of aliphatic imine (C=N–C) groups is 1. The number of halogens is 1. The molecule has 0 aromatic heterocycles. The summed E-state index contributed by atoms with van der Waals surface area (Å²) in [4.78, 5) is 15.5. The van der Waals surface area contributed by atoms with Crippen molar-refractivity contribution in [3.8, 4) is 0 Å². The van der Waals surface area contributed by atoms with E-state index in [9.17, 15) is 4.79 Å². The van der Waals surface area contributed by atoms with Crippen molar-refractivity contribution in [1.82, 2.24) is 10.6 Å². The van der Waals surface area contributed by atoms with Gasteiger partial charge in [-0.25, -0.2) is 0 Å². The number of carbonyl (C=O) groups is 1. The van der Waals surface area contributed by atoms with Crippen LogP contribution in [0.5, 0.6) is 0 Å². The van der Waals surface area contributed by atoms with E-state index >= 15 is 0 Å². The molecule has 1 aromatic rings. The van der Waals surface area contributed by atoms with Crippen molar-refractivity contribution in [3.05, 3.63) is 35.9 Å². The lowest BCUT2D eigenvalue weighted by Crippen LogP contribution is -2.41. The minimum atomic E-state index is -0.235. The maximum absolute atomic E-state index is 11.4. The highest BCUT2D eigenvalue weighted by Crippen LogP contribution is 2.15. The van der Waals surface area contributed by atoms with Crippen LogP contribution < -0.4 is 10.6 Å². The van der Waals surface area contributed by atoms with Crippen molar-refractivity contribution in [2.45, 2.75) is 26.4 Å². The Morgan fingerprint density at radius 3 is 2.48 bits per heavy atom. The van der Waals surface area contributed by atoms with Gasteiger partial charge in [0, 0.05) is 26.7 Å². The predicted molar refractivity (Wildman–Crippen MR) is 111 cm³/mol. The number of carbonyl (C=O) groups excluding carboxylic acids is 1. The van der Waals surface area contributed by atoms with E-state index in [1.165, 1.54) is 12.7 Å². The summed E-state index contributed by atoms with van der Waals surface area (Å²) in [5.41, 5.74) is 1.18. The lowest BCUT2D eigenvalue weighted by Gasteiger charge is -2.16. The average Bonchev–Trinajstić information content (AvgIpc) is 2.63. The highest BCUT2D eigenvalue weighted by Gasteiger charge is 2.13. The predicted octanol–water partition coefficient (Wildman–Crippen LogP) is 2.75. The van der Waals surface area contributed by atoms with Crippen molar-refractivity contribution in [3.63, 3.8) is 0 Å². The Morgan fingerprint density at radius 2 is 1.88 bits per heavy atom. The lowest BCUT2D eigenvalue weighted by atomic mass is 10.1. The molecular weight excluding hydrogens is 433 g/mol. The second-order valence-corrected chi connectivity index (χ2v) is 5.58. The number of methoxy groups -OCH3 is 1. The molecule has 0 fully saturated rings. The van der Waals surface area contributed by atoms with Gasteiger partial charge in [0.1, 0.15) is 0 Å². The molecule has 0 amide bonds. The van der Waals surface area contributed by atoms with Crippen LogP contribution in [0.25, 0.3) is 0 Å². The summed E-state index contributed by atoms with van der Waals surface area (Å²) in [5, 5.41) is 6.31. The summed E-state index contributed by atoms with van der Waals surface area (Å²) in [5.74, 6) is 0.215. The number of guanidine groups is 1. The summed E-state index contributed by atoms with van der Waals surface area (Å²) in [6.45, 7) is 5.75. The van der Waals surface area contributed by atoms with Crippen LogP contribution in [0.4, 0.5) is 0 Å². The molecule has 2 atom stereocenters. The number of esters is 1. The quantitative estimate of drug-likeness (QED) is 0.194. The smallest absolute Gasteiger partial charge is 0.310 e. The number of hydrogen-bond donors (Lipinski definition) is 2. The zero-order chi connectivity index (χ0) is 17.8. The van der Waals surface area contributed by atoms with Crippen molar-refractivity contribution < 1.29 is 14.3 Å². The minimum absolute atomic E-state index is 0. The molecule has 0 bridgehead atoms. The Morgan fingerprint density at radius 1 is 1.20 bits per heavy atom. The third-order valence-corrected chi connectivity index (χ3v) is 3.65. The Labute approximate surface area is 167 Å². The molecule has 0 saturated heterocycles. The maximum Gasteiger partial charge on any atom is 0.310 e. The largest absolute Gasteiger partial charge is 0.469 e. The van der Waals surface area contributed by atoms with Gasteiger partial charge in [-0.1, -0.05) is 37.3 Å². The normalized spacial score (nSPS) is 13.4. The summed E-state index contributed by atoms with van der Waals surface area (Å²) in [6, 6.07) is 10.2. The van der Waals surface area contributed by atoms with Gasteiger partial charge in [-0.05, 0) is 18.9 Å². The Balaban J connectivity index is 0.00000576. The fraction of sp³-hybridized carbons (Fsp3) is 0.556. The average molecular weight is 463 g/mol. The summed E-state index contributed by atoms with van der Waals surface area (Å²) < 4.78 is 10.5. The zero-order valence-corrected chi connectivity index (χ0v) is 17.8. The maximum atomic E-state index is 11.4. The van der Waals surface area contributed by atoms with Crippen molar-refractivity contribution in [2.75, 3.05) is 33.9 Å². The number of nitrogens with zero attached hydrogens (tertiary/aromatic N) is 1. The first-order valence-corrected chi connectivity index (χ1v) is 8.27. The van der Waals surface area contributed by atoms with E-state index in [0.29, 0.717) is 19.1 Å². The number of hydrogen-bond acceptors (Lipinski definition) is 4. The van der Waals surface area contributed by atoms with E-state index < -0.39 is 0 Å². The third-order valence-electron chi connectivity index (χ3n) is 3.65. The van der Waals surface area contributed by atoms with Crippen LogP contribution in [0, 0.1) is 5.92 Å². The molecular formula is C18H30IN3O3. The molecule has 2 N–H and O–H groups in total. The van der Waals surface area contributed by atoms with E-state index in [2.05, 4.69) is 34.7 Å². The van der Waals surface area contributed by atoms with Crippen LogP contribution >= 0.6 is 24.0 Å². The number of ether oxygens (including phenoxy) is 2. The van der Waals surface area contributed by atoms with E-state index in [-0.39, 0.29) is 42.0 Å². The van der Waals surface area contributed by atoms with Crippen molar-refractivity contribution in [1.29, 1.82) is 0 Å². The fourth-order valence-electron chi connectivity index (χ4n) is 2.11. The van der Waals surface area contributed by atoms with Gasteiger partial charge < -0.3 is 20.1 Å². The molecule has 0 aliphatic heterocycles. The summed E-state index contributed by atoms with van der Waals surface area (Å²) in [6.07, 6.45) is 0.953. The van der Waals surface area contributed by atoms with Crippen molar-refractivity contribution >= 4 is 35.9 Å². The second kappa shape index (κ2) is 13.9. The van der Waals surface area contributed by atoms with Gasteiger partial charge in [0.25, 0.3) is 0 Å². The summed E-state index contributed by atoms with van der Waals surface area (Å²) in [7, 11) is 3.09. The van der Waals surface area contributed by atoms with Crippen molar-refractivity contribution in [2.24, 2.45) is 10.9 Å². The number of nitrogens with one attached hydrogen (secondary N) is 2. The van der Waals surface area contributed by atoms with Crippen LogP contribution in [-0.4, -0.2) is 45.8 Å². The van der Waals surface area contributed by atoms with Crippen LogP contribution in [-0.2, 0) is 14.3 Å². The number of rotatable bonds is 9. The Hall–Kier alpha value is -1.35. The molecule has 2 unspecified atom stereocenters. The summed E-state index contributed by atoms with van der Waals surface area (Å²) >= 11 is 0. The van der Waals surface area contributed by atoms with Gasteiger partial charge in [0.05, 0.1) is 19.1 Å². The molecule has 7 heteroatoms. The minimum Gasteiger partial charge on any atom is -0.469 e. The van der Waals surface area contributed by atoms with Crippen LogP contribution in [0.2, 0.25) is 0 Å². The standard InChI is InChI=1S/C18H29N3O3.HI/c1-14(17(22)23-4)13-21-18(19-3)20-11-8-12-24-15(2)16-9-6-5-7-10-16;/h5-7,9-10,14-15H,8,11-13H2,1-4H3,(H2,19,20,21);1H. The van der Waals surface area contributed by atoms with E-state index in [1.807, 2.05) is 25.1 Å². The van der Waals surface area contributed by atoms with Gasteiger partial charge >= 0.3 is 5.97 Å². The second-order valence-electron chi connectivity index (χ2n) is 5.58. The molecule has 0 aliphatic carbocycles. The molecule has 0 aliphatic rings. The first kappa shape index (κ1) is 23.6. The highest BCUT2D eigenvalue weighted by atomic mass is 127. The third kappa shape index (κ3) is 9.64. The van der Waals surface area contributed by atoms with Gasteiger partial charge in [-0.3, -0.25) is 9.79 Å². The van der Waals surface area contributed by atoms with E-state index in [0.717, 1.165) is 13.0 Å². The van der Waals surface area contributed by atoms with Crippen LogP contribution in [0.15, 0.2) is 35.3 Å². The first-order valence-electron chi connectivity index (χ1n) is 8.27. The topological polar surface area (TPSA) is 72.0 Å². The monoisotopic (exact) mass is 463 g/mol. The molecule has 0 radical (unpaired) electrons. The van der Waals surface area contributed by atoms with E-state index in [4.69, 9.17) is 9.47 Å². The number of benzene rings is 1. The molecule has 1 aromatic carbocycles. The van der Waals surface area contributed by atoms with E-state index in [1.54, 1.807) is 7.05 Å². The molecule has 6 nitrogen and oxygen atoms in total. The molecule has 0 saturated carbocycles. The molecule has 0 spiro atoms. The van der Waals surface area contributed by atoms with Gasteiger partial charge in [0.15, 0.2) is 5.96 Å². The molecule has 25 heavy (non-hydrogen) atoms. The van der Waals surface area contributed by atoms with Gasteiger partial charge in [-0.15, -0.1) is 24.0 Å². The van der Waals surface area contributed by atoms with Crippen LogP contribution in [0.3, 0.4) is 0 Å². The van der Waals surface area contributed by atoms with Gasteiger partial charge in [0.2, 0.25) is 0 Å². The Bertz CT molecular complexity index is 512. The molecule has 1 rings (SSSR count). The first-order chi connectivity index (χ1) is 11.6.